The first-order valence-corrected chi connectivity index (χ1v) is 10.0. The Labute approximate surface area is 149 Å². The van der Waals surface area contributed by atoms with E-state index in [1.54, 1.807) is 6.07 Å². The van der Waals surface area contributed by atoms with Gasteiger partial charge in [-0.1, -0.05) is 0 Å². The highest BCUT2D eigenvalue weighted by molar-refractivity contribution is 8.35. The Kier molecular flexibility index (Phi) is 5.72. The molecule has 2 N–H and O–H groups in total. The van der Waals surface area contributed by atoms with Crippen molar-refractivity contribution in [2.75, 3.05) is 19.5 Å². The second-order valence-electron chi connectivity index (χ2n) is 6.25. The van der Waals surface area contributed by atoms with Gasteiger partial charge in [0.25, 0.3) is 0 Å². The van der Waals surface area contributed by atoms with Crippen LogP contribution in [0.2, 0.25) is 0 Å². The Morgan fingerprint density at radius 2 is 2.24 bits per heavy atom. The Morgan fingerprint density at radius 1 is 1.44 bits per heavy atom. The summed E-state index contributed by atoms with van der Waals surface area (Å²) in [7, 11) is -2.74. The van der Waals surface area contributed by atoms with Gasteiger partial charge in [-0.2, -0.15) is 0 Å². The summed E-state index contributed by atoms with van der Waals surface area (Å²) in [6.07, 6.45) is 2.04. The number of hydrogen-bond acceptors (Lipinski definition) is 7. The van der Waals surface area contributed by atoms with Crippen molar-refractivity contribution in [3.63, 3.8) is 0 Å². The smallest absolute Gasteiger partial charge is 0.465 e. The largest absolute Gasteiger partial charge is 0.492 e. The van der Waals surface area contributed by atoms with Gasteiger partial charge in [0.15, 0.2) is 6.29 Å². The molecule has 25 heavy (non-hydrogen) atoms. The molecule has 9 heteroatoms. The number of hydrogen-bond donors (Lipinski definition) is 2. The average molecular weight is 370 g/mol. The van der Waals surface area contributed by atoms with E-state index in [0.717, 1.165) is 30.4 Å². The summed E-state index contributed by atoms with van der Waals surface area (Å²) in [6, 6.07) is 3.58. The maximum absolute atomic E-state index is 11.1. The Bertz CT molecular complexity index is 637. The fourth-order valence-corrected chi connectivity index (χ4v) is 4.21. The van der Waals surface area contributed by atoms with Crippen LogP contribution in [0.4, 0.5) is 0 Å². The van der Waals surface area contributed by atoms with E-state index < -0.39 is 23.8 Å². The van der Waals surface area contributed by atoms with Crippen LogP contribution in [0.3, 0.4) is 0 Å². The molecule has 3 atom stereocenters. The van der Waals surface area contributed by atoms with Crippen molar-refractivity contribution < 1.29 is 32.7 Å². The summed E-state index contributed by atoms with van der Waals surface area (Å²) in [5.74, 6) is 0.584. The second-order valence-corrected chi connectivity index (χ2v) is 8.49. The first kappa shape index (κ1) is 18.7. The van der Waals surface area contributed by atoms with Crippen molar-refractivity contribution in [3.8, 4) is 5.75 Å². The molecule has 1 fully saturated rings. The Morgan fingerprint density at radius 3 is 2.88 bits per heavy atom. The van der Waals surface area contributed by atoms with Crippen LogP contribution in [0.25, 0.3) is 0 Å². The van der Waals surface area contributed by atoms with Crippen LogP contribution in [-0.4, -0.2) is 48.1 Å². The summed E-state index contributed by atoms with van der Waals surface area (Å²) in [6.45, 7) is 2.57. The van der Waals surface area contributed by atoms with Crippen molar-refractivity contribution in [1.29, 1.82) is 0 Å². The third-order valence-electron chi connectivity index (χ3n) is 4.51. The van der Waals surface area contributed by atoms with Crippen molar-refractivity contribution in [3.05, 3.63) is 23.3 Å². The molecular formula is C16H23BO7S. The molecule has 138 valence electrons. The number of rotatable bonds is 6. The fourth-order valence-electron chi connectivity index (χ4n) is 3.24. The SMILES string of the molecule is COS(O)(C=O)CC1OB(O)c2cc(OC3CCCCO3)cc(C)c21. The lowest BCUT2D eigenvalue weighted by atomic mass is 9.78. The van der Waals surface area contributed by atoms with Crippen molar-refractivity contribution >= 4 is 28.8 Å². The number of fused-ring (bicyclic) bond motifs is 1. The lowest BCUT2D eigenvalue weighted by Gasteiger charge is -2.32. The monoisotopic (exact) mass is 370 g/mol. The minimum Gasteiger partial charge on any atom is -0.465 e. The molecule has 2 aliphatic heterocycles. The predicted molar refractivity (Wildman–Crippen MR) is 95.7 cm³/mol. The van der Waals surface area contributed by atoms with Gasteiger partial charge in [0, 0.05) is 6.42 Å². The van der Waals surface area contributed by atoms with Crippen LogP contribution in [0.15, 0.2) is 12.1 Å². The van der Waals surface area contributed by atoms with E-state index in [9.17, 15) is 14.4 Å². The third-order valence-corrected chi connectivity index (χ3v) is 6.17. The molecule has 0 spiro atoms. The molecule has 1 aromatic carbocycles. The van der Waals surface area contributed by atoms with Crippen LogP contribution in [0.1, 0.15) is 36.5 Å². The molecular weight excluding hydrogens is 347 g/mol. The summed E-state index contributed by atoms with van der Waals surface area (Å²) < 4.78 is 32.1. The lowest BCUT2D eigenvalue weighted by molar-refractivity contribution is -0.105. The molecule has 1 aromatic rings. The molecule has 2 aliphatic rings. The fraction of sp³-hybridized carbons (Fsp3) is 0.562. The summed E-state index contributed by atoms with van der Waals surface area (Å²) >= 11 is 0. The topological polar surface area (TPSA) is 94.5 Å². The third kappa shape index (κ3) is 4.02. The average Bonchev–Trinajstić information content (AvgIpc) is 2.91. The normalized spacial score (nSPS) is 26.6. The van der Waals surface area contributed by atoms with Crippen molar-refractivity contribution in [2.24, 2.45) is 0 Å². The molecule has 2 heterocycles. The van der Waals surface area contributed by atoms with Crippen LogP contribution in [0, 0.1) is 6.92 Å². The molecule has 3 unspecified atom stereocenters. The van der Waals surface area contributed by atoms with Gasteiger partial charge >= 0.3 is 7.12 Å². The van der Waals surface area contributed by atoms with E-state index in [1.165, 1.54) is 7.11 Å². The summed E-state index contributed by atoms with van der Waals surface area (Å²) in [5.41, 5.74) is 2.61. The summed E-state index contributed by atoms with van der Waals surface area (Å²) in [4.78, 5) is 11.1. The minimum atomic E-state index is -2.88. The van der Waals surface area contributed by atoms with E-state index in [2.05, 4.69) is 0 Å². The molecule has 0 aliphatic carbocycles. The number of carbonyl (C=O) groups is 1. The first-order chi connectivity index (χ1) is 12.0. The van der Waals surface area contributed by atoms with E-state index in [1.807, 2.05) is 13.0 Å². The lowest BCUT2D eigenvalue weighted by Crippen LogP contribution is -2.30. The number of benzene rings is 1. The van der Waals surface area contributed by atoms with E-state index >= 15 is 0 Å². The van der Waals surface area contributed by atoms with Crippen molar-refractivity contribution in [1.82, 2.24) is 0 Å². The number of aryl methyl sites for hydroxylation is 1. The maximum Gasteiger partial charge on any atom is 0.492 e. The zero-order chi connectivity index (χ0) is 18.0. The molecule has 0 saturated carbocycles. The van der Waals surface area contributed by atoms with Crippen LogP contribution >= 0.6 is 10.6 Å². The summed E-state index contributed by atoms with van der Waals surface area (Å²) in [5, 5.41) is 10.2. The van der Waals surface area contributed by atoms with Gasteiger partial charge in [0.05, 0.1) is 25.6 Å². The highest BCUT2D eigenvalue weighted by Gasteiger charge is 2.39. The Balaban J connectivity index is 1.82. The molecule has 0 aromatic heterocycles. The van der Waals surface area contributed by atoms with Gasteiger partial charge in [-0.05, 0) is 48.5 Å². The predicted octanol–water partition coefficient (Wildman–Crippen LogP) is 1.69. The van der Waals surface area contributed by atoms with Gasteiger partial charge in [0.2, 0.25) is 5.62 Å². The van der Waals surface area contributed by atoms with E-state index in [4.69, 9.17) is 18.3 Å². The Hall–Kier alpha value is -1.10. The van der Waals surface area contributed by atoms with Crippen LogP contribution in [0.5, 0.6) is 5.75 Å². The zero-order valence-electron chi connectivity index (χ0n) is 14.3. The quantitative estimate of drug-likeness (QED) is 0.581. The van der Waals surface area contributed by atoms with Gasteiger partial charge in [0.1, 0.15) is 5.75 Å². The minimum absolute atomic E-state index is 0.0240. The molecule has 3 rings (SSSR count). The molecule has 0 radical (unpaired) electrons. The van der Waals surface area contributed by atoms with Crippen molar-refractivity contribution in [2.45, 2.75) is 38.6 Å². The number of carbonyl (C=O) groups excluding carboxylic acids is 1. The van der Waals surface area contributed by atoms with Gasteiger partial charge in [-0.15, -0.1) is 10.6 Å². The van der Waals surface area contributed by atoms with E-state index in [0.29, 0.717) is 23.4 Å². The van der Waals surface area contributed by atoms with Gasteiger partial charge in [-0.3, -0.25) is 13.5 Å². The van der Waals surface area contributed by atoms with Gasteiger partial charge < -0.3 is 19.2 Å². The van der Waals surface area contributed by atoms with Crippen LogP contribution in [-0.2, 0) is 18.4 Å². The standard InChI is InChI=1S/C16H23BO7S/c1-11-7-12(23-15-5-3-4-6-22-15)8-13-16(11)14(24-17(13)19)9-25(20,10-18)21-2/h7-8,10,14-15,19-20H,3-6,9H2,1-2H3. The molecule has 7 nitrogen and oxygen atoms in total. The molecule has 0 amide bonds. The highest BCUT2D eigenvalue weighted by Crippen LogP contribution is 2.46. The first-order valence-electron chi connectivity index (χ1n) is 8.26. The second kappa shape index (κ2) is 7.65. The molecule has 0 bridgehead atoms. The maximum atomic E-state index is 11.1. The number of ether oxygens (including phenoxy) is 2. The van der Waals surface area contributed by atoms with Crippen LogP contribution < -0.4 is 10.2 Å². The highest BCUT2D eigenvalue weighted by atomic mass is 32.3. The van der Waals surface area contributed by atoms with Gasteiger partial charge in [-0.25, -0.2) is 0 Å². The molecule has 1 saturated heterocycles. The zero-order valence-corrected chi connectivity index (χ0v) is 15.2. The van der Waals surface area contributed by atoms with E-state index in [-0.39, 0.29) is 12.0 Å².